The summed E-state index contributed by atoms with van der Waals surface area (Å²) in [6, 6.07) is 12.9. The van der Waals surface area contributed by atoms with Crippen LogP contribution in [0.25, 0.3) is 0 Å². The molecule has 3 atom stereocenters. The van der Waals surface area contributed by atoms with Crippen LogP contribution in [0, 0.1) is 5.41 Å². The van der Waals surface area contributed by atoms with E-state index in [-0.39, 0.29) is 35.6 Å². The van der Waals surface area contributed by atoms with Crippen LogP contribution in [0.4, 0.5) is 26.3 Å². The Balaban J connectivity index is 1.52. The van der Waals surface area contributed by atoms with Gasteiger partial charge in [-0.05, 0) is 48.9 Å². The summed E-state index contributed by atoms with van der Waals surface area (Å²) >= 11 is 0. The number of nitrogens with one attached hydrogen (secondary N) is 1. The number of rotatable bonds is 4. The molecule has 2 fully saturated rings. The lowest BCUT2D eigenvalue weighted by Gasteiger charge is -2.32. The van der Waals surface area contributed by atoms with Crippen LogP contribution in [-0.2, 0) is 17.1 Å². The molecule has 2 aliphatic rings. The lowest BCUT2D eigenvalue weighted by Crippen LogP contribution is -2.47. The van der Waals surface area contributed by atoms with Gasteiger partial charge in [-0.25, -0.2) is 4.79 Å². The van der Waals surface area contributed by atoms with E-state index in [1.165, 1.54) is 29.2 Å². The maximum absolute atomic E-state index is 13.8. The SMILES string of the molecule is C[C@@]12CC(=O)N[C@H]1N(C(=O)c1cccc(C(F)(F)F)c1)[C@H](c1ccccc1OC(=O)c1cccc(C(F)(F)F)c1)C2. The second kappa shape index (κ2) is 9.93. The molecule has 0 bridgehead atoms. The Bertz CT molecular complexity index is 1540. The van der Waals surface area contributed by atoms with E-state index < -0.39 is 53.0 Å². The van der Waals surface area contributed by atoms with Crippen LogP contribution in [0.2, 0.25) is 0 Å². The maximum Gasteiger partial charge on any atom is 0.416 e. The highest BCUT2D eigenvalue weighted by Gasteiger charge is 2.57. The summed E-state index contributed by atoms with van der Waals surface area (Å²) in [7, 11) is 0. The van der Waals surface area contributed by atoms with Crippen molar-refractivity contribution in [3.05, 3.63) is 101 Å². The molecule has 1 N–H and O–H groups in total. The Kier molecular flexibility index (Phi) is 6.83. The summed E-state index contributed by atoms with van der Waals surface area (Å²) in [4.78, 5) is 40.3. The molecule has 0 spiro atoms. The molecule has 0 aliphatic carbocycles. The van der Waals surface area contributed by atoms with Crippen molar-refractivity contribution in [2.45, 2.75) is 44.3 Å². The van der Waals surface area contributed by atoms with E-state index >= 15 is 0 Å². The van der Waals surface area contributed by atoms with Crippen LogP contribution < -0.4 is 10.1 Å². The first-order valence-electron chi connectivity index (χ1n) is 12.4. The second-order valence-electron chi connectivity index (χ2n) is 10.3. The second-order valence-corrected chi connectivity index (χ2v) is 10.3. The zero-order valence-electron chi connectivity index (χ0n) is 21.3. The number of alkyl halides is 6. The number of ether oxygens (including phenoxy) is 1. The van der Waals surface area contributed by atoms with Crippen molar-refractivity contribution in [1.29, 1.82) is 0 Å². The van der Waals surface area contributed by atoms with E-state index in [4.69, 9.17) is 4.74 Å². The Labute approximate surface area is 229 Å². The number of amides is 2. The van der Waals surface area contributed by atoms with Gasteiger partial charge in [-0.15, -0.1) is 0 Å². The van der Waals surface area contributed by atoms with Gasteiger partial charge in [-0.2, -0.15) is 26.3 Å². The lowest BCUT2D eigenvalue weighted by atomic mass is 9.83. The van der Waals surface area contributed by atoms with Crippen LogP contribution in [0.1, 0.15) is 63.2 Å². The number of carbonyl (C=O) groups excluding carboxylic acids is 3. The van der Waals surface area contributed by atoms with E-state index in [9.17, 15) is 40.7 Å². The molecule has 2 saturated heterocycles. The largest absolute Gasteiger partial charge is 0.423 e. The van der Waals surface area contributed by atoms with Gasteiger partial charge in [0.25, 0.3) is 5.91 Å². The third kappa shape index (κ3) is 5.38. The van der Waals surface area contributed by atoms with Crippen molar-refractivity contribution < 1.29 is 45.5 Å². The van der Waals surface area contributed by atoms with Gasteiger partial charge in [0.05, 0.1) is 22.7 Å². The molecule has 0 saturated carbocycles. The smallest absolute Gasteiger partial charge is 0.416 e. The van der Waals surface area contributed by atoms with E-state index in [0.29, 0.717) is 11.6 Å². The van der Waals surface area contributed by atoms with Gasteiger partial charge in [0.2, 0.25) is 5.91 Å². The van der Waals surface area contributed by atoms with Crippen LogP contribution in [0.15, 0.2) is 72.8 Å². The number of hydrogen-bond donors (Lipinski definition) is 1. The van der Waals surface area contributed by atoms with Crippen molar-refractivity contribution in [2.75, 3.05) is 0 Å². The Morgan fingerprint density at radius 1 is 0.878 bits per heavy atom. The molecule has 12 heteroatoms. The van der Waals surface area contributed by atoms with Gasteiger partial charge in [0, 0.05) is 23.0 Å². The first-order chi connectivity index (χ1) is 19.2. The molecule has 2 aliphatic heterocycles. The topological polar surface area (TPSA) is 75.7 Å². The molecule has 2 amide bonds. The third-order valence-electron chi connectivity index (χ3n) is 7.37. The van der Waals surface area contributed by atoms with Crippen LogP contribution in [-0.4, -0.2) is 28.8 Å². The first-order valence-corrected chi connectivity index (χ1v) is 12.4. The minimum atomic E-state index is -4.69. The van der Waals surface area contributed by atoms with E-state index in [1.54, 1.807) is 19.1 Å². The van der Waals surface area contributed by atoms with Crippen molar-refractivity contribution in [3.8, 4) is 5.75 Å². The van der Waals surface area contributed by atoms with Crippen molar-refractivity contribution >= 4 is 17.8 Å². The standard InChI is InChI=1S/C29H22F6N2O4/c1-27-14-21(20-10-2-3-11-22(20)41-25(40)17-7-5-9-19(13-17)29(33,34)35)37(26(27)36-23(38)15-27)24(39)16-6-4-8-18(12-16)28(30,31)32/h2-13,21,26H,14-15H2,1H3,(H,36,38)/t21-,26-,27+/m0/s1. The highest BCUT2D eigenvalue weighted by atomic mass is 19.4. The predicted molar refractivity (Wildman–Crippen MR) is 132 cm³/mol. The highest BCUT2D eigenvalue weighted by molar-refractivity contribution is 5.96. The summed E-state index contributed by atoms with van der Waals surface area (Å²) in [5.74, 6) is -2.23. The first kappa shape index (κ1) is 28.2. The molecule has 0 radical (unpaired) electrons. The highest BCUT2D eigenvalue weighted by Crippen LogP contribution is 2.53. The summed E-state index contributed by atoms with van der Waals surface area (Å²) < 4.78 is 85.2. The van der Waals surface area contributed by atoms with Crippen molar-refractivity contribution in [3.63, 3.8) is 0 Å². The van der Waals surface area contributed by atoms with Crippen molar-refractivity contribution in [2.24, 2.45) is 5.41 Å². The van der Waals surface area contributed by atoms with Crippen LogP contribution in [0.3, 0.4) is 0 Å². The minimum absolute atomic E-state index is 0.0448. The average molecular weight is 576 g/mol. The number of hydrogen-bond acceptors (Lipinski definition) is 4. The maximum atomic E-state index is 13.8. The monoisotopic (exact) mass is 576 g/mol. The molecule has 3 aromatic rings. The lowest BCUT2D eigenvalue weighted by molar-refractivity contribution is -0.138. The summed E-state index contributed by atoms with van der Waals surface area (Å²) in [6.07, 6.45) is -10.00. The molecule has 6 nitrogen and oxygen atoms in total. The van der Waals surface area contributed by atoms with Gasteiger partial charge < -0.3 is 15.0 Å². The van der Waals surface area contributed by atoms with E-state index in [1.807, 2.05) is 0 Å². The number of esters is 1. The fraction of sp³-hybridized carbons (Fsp3) is 0.276. The van der Waals surface area contributed by atoms with E-state index in [0.717, 1.165) is 30.3 Å². The quantitative estimate of drug-likeness (QED) is 0.222. The van der Waals surface area contributed by atoms with Gasteiger partial charge in [-0.1, -0.05) is 37.3 Å². The fourth-order valence-electron chi connectivity index (χ4n) is 5.48. The Hall–Kier alpha value is -4.35. The molecular formula is C29H22F6N2O4. The van der Waals surface area contributed by atoms with Gasteiger partial charge in [-0.3, -0.25) is 9.59 Å². The molecule has 41 heavy (non-hydrogen) atoms. The Morgan fingerprint density at radius 2 is 1.46 bits per heavy atom. The minimum Gasteiger partial charge on any atom is -0.423 e. The number of benzene rings is 3. The van der Waals surface area contributed by atoms with Gasteiger partial charge >= 0.3 is 18.3 Å². The normalized spacial score (nSPS) is 22.3. The number of fused-ring (bicyclic) bond motifs is 1. The van der Waals surface area contributed by atoms with Crippen LogP contribution in [0.5, 0.6) is 5.75 Å². The van der Waals surface area contributed by atoms with E-state index in [2.05, 4.69) is 5.32 Å². The average Bonchev–Trinajstić information content (AvgIpc) is 3.35. The van der Waals surface area contributed by atoms with Gasteiger partial charge in [0.15, 0.2) is 0 Å². The zero-order chi connectivity index (χ0) is 29.7. The molecule has 214 valence electrons. The van der Waals surface area contributed by atoms with Crippen LogP contribution >= 0.6 is 0 Å². The molecule has 0 unspecified atom stereocenters. The number of halogens is 6. The fourth-order valence-corrected chi connectivity index (χ4v) is 5.48. The molecule has 5 rings (SSSR count). The zero-order valence-corrected chi connectivity index (χ0v) is 21.3. The van der Waals surface area contributed by atoms with Gasteiger partial charge in [0.1, 0.15) is 11.9 Å². The molecular weight excluding hydrogens is 554 g/mol. The summed E-state index contributed by atoms with van der Waals surface area (Å²) in [5, 5.41) is 2.74. The predicted octanol–water partition coefficient (Wildman–Crippen LogP) is 6.38. The molecule has 0 aromatic heterocycles. The number of para-hydroxylation sites is 1. The third-order valence-corrected chi connectivity index (χ3v) is 7.37. The molecule has 3 aromatic carbocycles. The van der Waals surface area contributed by atoms with Crippen molar-refractivity contribution in [1.82, 2.24) is 10.2 Å². The summed E-state index contributed by atoms with van der Waals surface area (Å²) in [5.41, 5.74) is -3.16. The Morgan fingerprint density at radius 3 is 2.10 bits per heavy atom. The molecule has 2 heterocycles. The number of carbonyl (C=O) groups is 3. The number of nitrogens with zero attached hydrogens (tertiary/aromatic N) is 1. The summed E-state index contributed by atoms with van der Waals surface area (Å²) in [6.45, 7) is 1.76. The number of likely N-dealkylation sites (tertiary alicyclic amines) is 1.